The lowest BCUT2D eigenvalue weighted by Crippen LogP contribution is -2.50. The number of fused-ring (bicyclic) bond motifs is 1. The molecule has 0 heterocycles. The maximum Gasteiger partial charge on any atom is 0.243 e. The second-order valence-corrected chi connectivity index (χ2v) is 9.32. The number of rotatable bonds is 10. The Kier molecular flexibility index (Phi) is 8.75. The van der Waals surface area contributed by atoms with Crippen LogP contribution in [0.2, 0.25) is 5.02 Å². The summed E-state index contributed by atoms with van der Waals surface area (Å²) in [6.07, 6.45) is 1.36. The van der Waals surface area contributed by atoms with Crippen LogP contribution in [0.5, 0.6) is 0 Å². The van der Waals surface area contributed by atoms with Crippen molar-refractivity contribution >= 4 is 34.2 Å². The third-order valence-corrected chi connectivity index (χ3v) is 6.63. The van der Waals surface area contributed by atoms with Crippen molar-refractivity contribution < 1.29 is 9.59 Å². The number of aryl methyl sites for hydroxylation is 1. The van der Waals surface area contributed by atoms with Gasteiger partial charge in [0, 0.05) is 31.0 Å². The van der Waals surface area contributed by atoms with Crippen molar-refractivity contribution in [2.24, 2.45) is 0 Å². The van der Waals surface area contributed by atoms with Crippen LogP contribution in [0.15, 0.2) is 97.1 Å². The molecule has 1 unspecified atom stereocenters. The van der Waals surface area contributed by atoms with E-state index in [1.807, 2.05) is 79.7 Å². The molecule has 0 saturated heterocycles. The quantitative estimate of drug-likeness (QED) is 0.283. The molecule has 0 spiro atoms. The summed E-state index contributed by atoms with van der Waals surface area (Å²) in [4.78, 5) is 28.8. The van der Waals surface area contributed by atoms with Gasteiger partial charge in [0.1, 0.15) is 6.04 Å². The molecule has 1 N–H and O–H groups in total. The van der Waals surface area contributed by atoms with Gasteiger partial charge < -0.3 is 10.2 Å². The van der Waals surface area contributed by atoms with Crippen molar-refractivity contribution in [1.29, 1.82) is 0 Å². The Morgan fingerprint density at radius 3 is 2.28 bits per heavy atom. The van der Waals surface area contributed by atoms with E-state index in [1.165, 1.54) is 0 Å². The van der Waals surface area contributed by atoms with E-state index in [9.17, 15) is 9.59 Å². The molecule has 1 atom stereocenters. The fraction of sp³-hybridized carbons (Fsp3) is 0.226. The molecule has 4 aromatic carbocycles. The highest BCUT2D eigenvalue weighted by Gasteiger charge is 2.30. The predicted molar refractivity (Wildman–Crippen MR) is 147 cm³/mol. The second kappa shape index (κ2) is 12.4. The van der Waals surface area contributed by atoms with Crippen molar-refractivity contribution in [3.05, 3.63) is 119 Å². The third-order valence-electron chi connectivity index (χ3n) is 6.38. The first kappa shape index (κ1) is 25.5. The summed E-state index contributed by atoms with van der Waals surface area (Å²) in [7, 11) is 0. The van der Waals surface area contributed by atoms with Crippen LogP contribution < -0.4 is 5.32 Å². The van der Waals surface area contributed by atoms with Gasteiger partial charge in [0.05, 0.1) is 0 Å². The van der Waals surface area contributed by atoms with Crippen molar-refractivity contribution in [3.63, 3.8) is 0 Å². The molecule has 2 amide bonds. The molecule has 0 aliphatic rings. The molecule has 36 heavy (non-hydrogen) atoms. The minimum absolute atomic E-state index is 0.0509. The molecule has 0 aromatic heterocycles. The van der Waals surface area contributed by atoms with Gasteiger partial charge in [-0.15, -0.1) is 0 Å². The molecule has 4 nitrogen and oxygen atoms in total. The smallest absolute Gasteiger partial charge is 0.243 e. The van der Waals surface area contributed by atoms with Gasteiger partial charge in [-0.3, -0.25) is 9.59 Å². The monoisotopic (exact) mass is 498 g/mol. The number of likely N-dealkylation sites (N-methyl/N-ethyl adjacent to an activating group) is 1. The standard InChI is InChI=1S/C31H31ClN2O2/c1-2-33-31(36)29(21-23-9-4-3-5-10-23)34(22-24-15-18-27(32)19-16-24)30(35)20-17-26-13-8-12-25-11-6-7-14-28(25)26/h3-16,18-19,29H,2,17,20-22H2,1H3,(H,33,36). The van der Waals surface area contributed by atoms with Crippen LogP contribution in [0.1, 0.15) is 30.0 Å². The summed E-state index contributed by atoms with van der Waals surface area (Å²) in [5.41, 5.74) is 3.07. The van der Waals surface area contributed by atoms with Crippen molar-refractivity contribution in [2.45, 2.75) is 38.8 Å². The van der Waals surface area contributed by atoms with E-state index in [0.29, 0.717) is 37.4 Å². The number of hydrogen-bond donors (Lipinski definition) is 1. The maximum atomic E-state index is 13.8. The van der Waals surface area contributed by atoms with Crippen molar-refractivity contribution in [3.8, 4) is 0 Å². The number of amides is 2. The number of carbonyl (C=O) groups excluding carboxylic acids is 2. The third kappa shape index (κ3) is 6.52. The number of halogens is 1. The van der Waals surface area contributed by atoms with Crippen LogP contribution in [0.4, 0.5) is 0 Å². The molecule has 4 rings (SSSR count). The summed E-state index contributed by atoms with van der Waals surface area (Å²) in [6, 6.07) is 31.1. The summed E-state index contributed by atoms with van der Waals surface area (Å²) >= 11 is 6.09. The van der Waals surface area contributed by atoms with Gasteiger partial charge >= 0.3 is 0 Å². The van der Waals surface area contributed by atoms with Crippen molar-refractivity contribution in [1.82, 2.24) is 10.2 Å². The van der Waals surface area contributed by atoms with Gasteiger partial charge in [-0.1, -0.05) is 96.5 Å². The number of benzene rings is 4. The minimum Gasteiger partial charge on any atom is -0.355 e. The predicted octanol–water partition coefficient (Wildman–Crippen LogP) is 6.20. The molecular weight excluding hydrogens is 468 g/mol. The average Bonchev–Trinajstić information content (AvgIpc) is 2.91. The van der Waals surface area contributed by atoms with Gasteiger partial charge in [-0.2, -0.15) is 0 Å². The first-order chi connectivity index (χ1) is 17.5. The molecule has 0 fully saturated rings. The Balaban J connectivity index is 1.62. The molecule has 0 aliphatic carbocycles. The lowest BCUT2D eigenvalue weighted by Gasteiger charge is -2.31. The Bertz CT molecular complexity index is 1300. The SMILES string of the molecule is CCNC(=O)C(Cc1ccccc1)N(Cc1ccc(Cl)cc1)C(=O)CCc1cccc2ccccc12. The van der Waals surface area contributed by atoms with Crippen LogP contribution in [0, 0.1) is 0 Å². The number of hydrogen-bond acceptors (Lipinski definition) is 2. The Hall–Kier alpha value is -3.63. The molecular formula is C31H31ClN2O2. The van der Waals surface area contributed by atoms with Crippen LogP contribution in [-0.2, 0) is 29.0 Å². The normalized spacial score (nSPS) is 11.7. The van der Waals surface area contributed by atoms with Crippen LogP contribution in [-0.4, -0.2) is 29.3 Å². The summed E-state index contributed by atoms with van der Waals surface area (Å²) in [6.45, 7) is 2.73. The van der Waals surface area contributed by atoms with Gasteiger partial charge in [0.2, 0.25) is 11.8 Å². The Morgan fingerprint density at radius 2 is 1.53 bits per heavy atom. The average molecular weight is 499 g/mol. The molecule has 0 bridgehead atoms. The second-order valence-electron chi connectivity index (χ2n) is 8.89. The zero-order chi connectivity index (χ0) is 25.3. The van der Waals surface area contributed by atoms with E-state index in [4.69, 9.17) is 11.6 Å². The van der Waals surface area contributed by atoms with E-state index in [2.05, 4.69) is 29.6 Å². The van der Waals surface area contributed by atoms with Gasteiger partial charge in [0.25, 0.3) is 0 Å². The summed E-state index contributed by atoms with van der Waals surface area (Å²) < 4.78 is 0. The van der Waals surface area contributed by atoms with Crippen LogP contribution >= 0.6 is 11.6 Å². The largest absolute Gasteiger partial charge is 0.355 e. The first-order valence-electron chi connectivity index (χ1n) is 12.4. The Labute approximate surface area is 217 Å². The highest BCUT2D eigenvalue weighted by atomic mass is 35.5. The molecule has 4 aromatic rings. The van der Waals surface area contributed by atoms with Crippen LogP contribution in [0.3, 0.4) is 0 Å². The molecule has 5 heteroatoms. The zero-order valence-electron chi connectivity index (χ0n) is 20.5. The van der Waals surface area contributed by atoms with E-state index in [0.717, 1.165) is 27.5 Å². The fourth-order valence-electron chi connectivity index (χ4n) is 4.53. The van der Waals surface area contributed by atoms with Gasteiger partial charge in [-0.25, -0.2) is 0 Å². The topological polar surface area (TPSA) is 49.4 Å². The molecule has 0 saturated carbocycles. The zero-order valence-corrected chi connectivity index (χ0v) is 21.2. The lowest BCUT2D eigenvalue weighted by molar-refractivity contribution is -0.141. The minimum atomic E-state index is -0.622. The van der Waals surface area contributed by atoms with Gasteiger partial charge in [0.15, 0.2) is 0 Å². The Morgan fingerprint density at radius 1 is 0.833 bits per heavy atom. The number of nitrogens with zero attached hydrogens (tertiary/aromatic N) is 1. The van der Waals surface area contributed by atoms with Gasteiger partial charge in [-0.05, 0) is 52.9 Å². The molecule has 184 valence electrons. The summed E-state index contributed by atoms with van der Waals surface area (Å²) in [5.74, 6) is -0.195. The first-order valence-corrected chi connectivity index (χ1v) is 12.7. The van der Waals surface area contributed by atoms with Crippen LogP contribution in [0.25, 0.3) is 10.8 Å². The molecule has 0 aliphatic heterocycles. The van der Waals surface area contributed by atoms with E-state index < -0.39 is 6.04 Å². The lowest BCUT2D eigenvalue weighted by atomic mass is 9.99. The van der Waals surface area contributed by atoms with E-state index in [-0.39, 0.29) is 11.8 Å². The fourth-order valence-corrected chi connectivity index (χ4v) is 4.65. The number of carbonyl (C=O) groups is 2. The molecule has 0 radical (unpaired) electrons. The maximum absolute atomic E-state index is 13.8. The van der Waals surface area contributed by atoms with Crippen molar-refractivity contribution in [2.75, 3.05) is 6.54 Å². The highest BCUT2D eigenvalue weighted by Crippen LogP contribution is 2.22. The summed E-state index contributed by atoms with van der Waals surface area (Å²) in [5, 5.41) is 5.89. The van der Waals surface area contributed by atoms with E-state index >= 15 is 0 Å². The van der Waals surface area contributed by atoms with E-state index in [1.54, 1.807) is 4.90 Å². The number of nitrogens with one attached hydrogen (secondary N) is 1. The highest BCUT2D eigenvalue weighted by molar-refractivity contribution is 6.30.